The molecule has 0 spiro atoms. The van der Waals surface area contributed by atoms with E-state index < -0.39 is 0 Å². The first kappa shape index (κ1) is 15.3. The zero-order chi connectivity index (χ0) is 14.4. The number of methoxy groups -OCH3 is 1. The van der Waals surface area contributed by atoms with Gasteiger partial charge in [0.25, 0.3) is 0 Å². The van der Waals surface area contributed by atoms with E-state index in [1.807, 2.05) is 12.4 Å². The van der Waals surface area contributed by atoms with Crippen LogP contribution in [-0.2, 0) is 11.3 Å². The van der Waals surface area contributed by atoms with Gasteiger partial charge in [0.05, 0.1) is 6.61 Å². The molecular weight excluding hydrogens is 250 g/mol. The van der Waals surface area contributed by atoms with Crippen LogP contribution in [-0.4, -0.2) is 37.8 Å². The van der Waals surface area contributed by atoms with Gasteiger partial charge in [-0.3, -0.25) is 4.98 Å². The first-order valence-electron chi connectivity index (χ1n) is 7.61. The standard InChI is InChI=1S/C16H27N3O/c1-13(2)12-19(8-9-20-3)16-6-7-17-10-14(16)11-18-15-4-5-15/h6-7,10,13,15,18H,4-5,8-9,11-12H2,1-3H3. The number of nitrogens with zero attached hydrogens (tertiary/aromatic N) is 2. The molecule has 0 unspecified atom stereocenters. The lowest BCUT2D eigenvalue weighted by molar-refractivity contribution is 0.204. The van der Waals surface area contributed by atoms with Crippen LogP contribution in [0.3, 0.4) is 0 Å². The van der Waals surface area contributed by atoms with Gasteiger partial charge in [-0.05, 0) is 24.8 Å². The minimum atomic E-state index is 0.629. The number of rotatable bonds is 9. The Morgan fingerprint density at radius 1 is 1.45 bits per heavy atom. The van der Waals surface area contributed by atoms with Crippen LogP contribution in [0.5, 0.6) is 0 Å². The van der Waals surface area contributed by atoms with Gasteiger partial charge in [0.2, 0.25) is 0 Å². The quantitative estimate of drug-likeness (QED) is 0.752. The summed E-state index contributed by atoms with van der Waals surface area (Å²) in [7, 11) is 1.76. The average Bonchev–Trinajstić information content (AvgIpc) is 3.25. The fourth-order valence-electron chi connectivity index (χ4n) is 2.36. The van der Waals surface area contributed by atoms with E-state index in [1.54, 1.807) is 7.11 Å². The summed E-state index contributed by atoms with van der Waals surface area (Å²) < 4.78 is 5.25. The first-order valence-corrected chi connectivity index (χ1v) is 7.61. The third-order valence-corrected chi connectivity index (χ3v) is 3.53. The number of nitrogens with one attached hydrogen (secondary N) is 1. The molecule has 0 aliphatic heterocycles. The molecule has 1 N–H and O–H groups in total. The SMILES string of the molecule is COCCN(CC(C)C)c1ccncc1CNC1CC1. The van der Waals surface area contributed by atoms with Gasteiger partial charge in [0.1, 0.15) is 0 Å². The number of hydrogen-bond donors (Lipinski definition) is 1. The lowest BCUT2D eigenvalue weighted by Gasteiger charge is -2.28. The summed E-state index contributed by atoms with van der Waals surface area (Å²) in [5.74, 6) is 0.629. The highest BCUT2D eigenvalue weighted by atomic mass is 16.5. The summed E-state index contributed by atoms with van der Waals surface area (Å²) in [4.78, 5) is 6.70. The number of hydrogen-bond acceptors (Lipinski definition) is 4. The Bertz CT molecular complexity index is 404. The molecule has 4 heteroatoms. The maximum Gasteiger partial charge on any atom is 0.0637 e. The third-order valence-electron chi connectivity index (χ3n) is 3.53. The molecular formula is C16H27N3O. The van der Waals surface area contributed by atoms with Crippen molar-refractivity contribution in [3.05, 3.63) is 24.0 Å². The summed E-state index contributed by atoms with van der Waals surface area (Å²) in [6.45, 7) is 8.14. The Morgan fingerprint density at radius 3 is 2.90 bits per heavy atom. The van der Waals surface area contributed by atoms with E-state index in [9.17, 15) is 0 Å². The number of ether oxygens (including phenoxy) is 1. The molecule has 2 rings (SSSR count). The van der Waals surface area contributed by atoms with Gasteiger partial charge in [0, 0.05) is 56.4 Å². The van der Waals surface area contributed by atoms with Crippen LogP contribution in [0.4, 0.5) is 5.69 Å². The Kier molecular flexibility index (Phi) is 5.80. The van der Waals surface area contributed by atoms with Gasteiger partial charge < -0.3 is 15.0 Å². The molecule has 1 aromatic rings. The second-order valence-electron chi connectivity index (χ2n) is 5.99. The molecule has 0 aromatic carbocycles. The van der Waals surface area contributed by atoms with Gasteiger partial charge in [-0.15, -0.1) is 0 Å². The predicted molar refractivity (Wildman–Crippen MR) is 83.0 cm³/mol. The lowest BCUT2D eigenvalue weighted by atomic mass is 10.1. The summed E-state index contributed by atoms with van der Waals surface area (Å²) in [5, 5.41) is 3.58. The van der Waals surface area contributed by atoms with Gasteiger partial charge in [-0.2, -0.15) is 0 Å². The Morgan fingerprint density at radius 2 is 2.25 bits per heavy atom. The van der Waals surface area contributed by atoms with Gasteiger partial charge in [-0.1, -0.05) is 13.8 Å². The van der Waals surface area contributed by atoms with E-state index in [0.29, 0.717) is 5.92 Å². The van der Waals surface area contributed by atoms with Gasteiger partial charge in [-0.25, -0.2) is 0 Å². The molecule has 0 amide bonds. The summed E-state index contributed by atoms with van der Waals surface area (Å²) in [6.07, 6.45) is 6.50. The molecule has 20 heavy (non-hydrogen) atoms. The second kappa shape index (κ2) is 7.60. The van der Waals surface area contributed by atoms with E-state index in [4.69, 9.17) is 4.74 Å². The largest absolute Gasteiger partial charge is 0.383 e. The van der Waals surface area contributed by atoms with Crippen LogP contribution in [0.25, 0.3) is 0 Å². The fraction of sp³-hybridized carbons (Fsp3) is 0.688. The highest BCUT2D eigenvalue weighted by Gasteiger charge is 2.21. The molecule has 0 radical (unpaired) electrons. The van der Waals surface area contributed by atoms with Crippen molar-refractivity contribution in [2.45, 2.75) is 39.3 Å². The number of pyridine rings is 1. The highest BCUT2D eigenvalue weighted by Crippen LogP contribution is 2.23. The van der Waals surface area contributed by atoms with E-state index >= 15 is 0 Å². The molecule has 1 saturated carbocycles. The normalized spacial score (nSPS) is 14.8. The molecule has 0 saturated heterocycles. The van der Waals surface area contributed by atoms with Crippen molar-refractivity contribution in [1.29, 1.82) is 0 Å². The van der Waals surface area contributed by atoms with Gasteiger partial charge >= 0.3 is 0 Å². The summed E-state index contributed by atoms with van der Waals surface area (Å²) >= 11 is 0. The van der Waals surface area contributed by atoms with Crippen molar-refractivity contribution in [1.82, 2.24) is 10.3 Å². The minimum Gasteiger partial charge on any atom is -0.383 e. The van der Waals surface area contributed by atoms with Crippen molar-refractivity contribution < 1.29 is 4.74 Å². The molecule has 1 aromatic heterocycles. The maximum atomic E-state index is 5.25. The molecule has 4 nitrogen and oxygen atoms in total. The monoisotopic (exact) mass is 277 g/mol. The van der Waals surface area contributed by atoms with Crippen molar-refractivity contribution in [3.8, 4) is 0 Å². The molecule has 1 aliphatic rings. The van der Waals surface area contributed by atoms with Crippen LogP contribution < -0.4 is 10.2 Å². The van der Waals surface area contributed by atoms with Crippen LogP contribution in [0.15, 0.2) is 18.5 Å². The lowest BCUT2D eigenvalue weighted by Crippen LogP contribution is -2.32. The minimum absolute atomic E-state index is 0.629. The fourth-order valence-corrected chi connectivity index (χ4v) is 2.36. The van der Waals surface area contributed by atoms with Crippen LogP contribution in [0, 0.1) is 5.92 Å². The molecule has 1 aliphatic carbocycles. The first-order chi connectivity index (χ1) is 9.70. The molecule has 112 valence electrons. The van der Waals surface area contributed by atoms with Crippen LogP contribution >= 0.6 is 0 Å². The number of anilines is 1. The van der Waals surface area contributed by atoms with Crippen molar-refractivity contribution >= 4 is 5.69 Å². The Hall–Kier alpha value is -1.13. The van der Waals surface area contributed by atoms with E-state index in [2.05, 4.69) is 35.1 Å². The Balaban J connectivity index is 2.07. The maximum absolute atomic E-state index is 5.25. The third kappa shape index (κ3) is 4.76. The Labute approximate surface area is 122 Å². The molecule has 1 fully saturated rings. The van der Waals surface area contributed by atoms with E-state index in [-0.39, 0.29) is 0 Å². The smallest absolute Gasteiger partial charge is 0.0637 e. The molecule has 1 heterocycles. The van der Waals surface area contributed by atoms with Crippen molar-refractivity contribution in [2.75, 3.05) is 31.7 Å². The second-order valence-corrected chi connectivity index (χ2v) is 5.99. The van der Waals surface area contributed by atoms with Crippen LogP contribution in [0.1, 0.15) is 32.3 Å². The van der Waals surface area contributed by atoms with Gasteiger partial charge in [0.15, 0.2) is 0 Å². The van der Waals surface area contributed by atoms with Crippen molar-refractivity contribution in [2.24, 2.45) is 5.92 Å². The predicted octanol–water partition coefficient (Wildman–Crippen LogP) is 2.44. The summed E-state index contributed by atoms with van der Waals surface area (Å²) in [6, 6.07) is 2.85. The highest BCUT2D eigenvalue weighted by molar-refractivity contribution is 5.52. The zero-order valence-corrected chi connectivity index (χ0v) is 12.9. The van der Waals surface area contributed by atoms with Crippen LogP contribution in [0.2, 0.25) is 0 Å². The summed E-state index contributed by atoms with van der Waals surface area (Å²) in [5.41, 5.74) is 2.58. The van der Waals surface area contributed by atoms with Crippen molar-refractivity contribution in [3.63, 3.8) is 0 Å². The van der Waals surface area contributed by atoms with E-state index in [0.717, 1.165) is 32.3 Å². The average molecular weight is 277 g/mol. The topological polar surface area (TPSA) is 37.4 Å². The zero-order valence-electron chi connectivity index (χ0n) is 12.9. The molecule has 0 bridgehead atoms. The molecule has 0 atom stereocenters. The number of aromatic nitrogens is 1. The van der Waals surface area contributed by atoms with E-state index in [1.165, 1.54) is 24.1 Å².